The zero-order valence-electron chi connectivity index (χ0n) is 7.10. The lowest BCUT2D eigenvalue weighted by molar-refractivity contribution is -0.148. The van der Waals surface area contributed by atoms with Gasteiger partial charge in [-0.25, -0.2) is 4.79 Å². The van der Waals surface area contributed by atoms with Crippen molar-refractivity contribution in [2.75, 3.05) is 7.11 Å². The number of carboxylic acid groups (broad SMARTS) is 1. The molecule has 0 amide bonds. The van der Waals surface area contributed by atoms with Gasteiger partial charge in [0.1, 0.15) is 5.75 Å². The van der Waals surface area contributed by atoms with Crippen molar-refractivity contribution in [3.05, 3.63) is 29.8 Å². The molecule has 0 saturated carbocycles. The minimum Gasteiger partial charge on any atom is -0.508 e. The zero-order valence-corrected chi connectivity index (χ0v) is 7.10. The molecule has 0 saturated heterocycles. The molecule has 0 aliphatic carbocycles. The molecule has 70 valence electrons. The molecule has 2 N–H and O–H groups in total. The Morgan fingerprint density at radius 2 is 2.23 bits per heavy atom. The van der Waals surface area contributed by atoms with Gasteiger partial charge in [-0.2, -0.15) is 0 Å². The maximum atomic E-state index is 10.6. The van der Waals surface area contributed by atoms with E-state index in [-0.39, 0.29) is 5.75 Å². The molecular weight excluding hydrogens is 172 g/mol. The smallest absolute Gasteiger partial charge is 0.337 e. The number of phenolic OH excluding ortho intramolecular Hbond substituents is 1. The maximum Gasteiger partial charge on any atom is 0.337 e. The highest BCUT2D eigenvalue weighted by atomic mass is 16.5. The summed E-state index contributed by atoms with van der Waals surface area (Å²) >= 11 is 0. The third-order valence-corrected chi connectivity index (χ3v) is 1.63. The monoisotopic (exact) mass is 182 g/mol. The van der Waals surface area contributed by atoms with Crippen LogP contribution in [-0.2, 0) is 9.53 Å². The second-order valence-electron chi connectivity index (χ2n) is 2.55. The molecule has 4 nitrogen and oxygen atoms in total. The first-order valence-electron chi connectivity index (χ1n) is 3.69. The minimum absolute atomic E-state index is 0.0285. The van der Waals surface area contributed by atoms with Crippen LogP contribution in [0.4, 0.5) is 0 Å². The van der Waals surface area contributed by atoms with Gasteiger partial charge in [-0.1, -0.05) is 12.1 Å². The Morgan fingerprint density at radius 3 is 2.69 bits per heavy atom. The first-order chi connectivity index (χ1) is 6.15. The van der Waals surface area contributed by atoms with Crippen LogP contribution < -0.4 is 0 Å². The third-order valence-electron chi connectivity index (χ3n) is 1.63. The number of carboxylic acids is 1. The summed E-state index contributed by atoms with van der Waals surface area (Å²) < 4.78 is 4.74. The first kappa shape index (κ1) is 9.54. The standard InChI is InChI=1S/C9H10O4/c1-13-8(9(11)12)6-3-2-4-7(10)5-6/h2-5,8,10H,1H3,(H,11,12). The summed E-state index contributed by atoms with van der Waals surface area (Å²) in [6.07, 6.45) is -1.02. The molecule has 0 aliphatic rings. The first-order valence-corrected chi connectivity index (χ1v) is 3.69. The summed E-state index contributed by atoms with van der Waals surface area (Å²) in [7, 11) is 1.31. The Kier molecular flexibility index (Phi) is 2.87. The molecule has 0 heterocycles. The molecule has 1 unspecified atom stereocenters. The lowest BCUT2D eigenvalue weighted by atomic mass is 10.1. The second kappa shape index (κ2) is 3.91. The van der Waals surface area contributed by atoms with Crippen LogP contribution in [0.1, 0.15) is 11.7 Å². The fourth-order valence-corrected chi connectivity index (χ4v) is 1.07. The van der Waals surface area contributed by atoms with Crippen molar-refractivity contribution in [3.8, 4) is 5.75 Å². The number of carbonyl (C=O) groups is 1. The molecule has 0 spiro atoms. The molecule has 4 heteroatoms. The Bertz CT molecular complexity index is 308. The molecule has 0 fully saturated rings. The van der Waals surface area contributed by atoms with E-state index in [9.17, 15) is 4.79 Å². The predicted molar refractivity (Wildman–Crippen MR) is 45.5 cm³/mol. The van der Waals surface area contributed by atoms with Crippen molar-refractivity contribution in [2.24, 2.45) is 0 Å². The lowest BCUT2D eigenvalue weighted by Gasteiger charge is -2.10. The summed E-state index contributed by atoms with van der Waals surface area (Å²) in [5, 5.41) is 17.8. The number of rotatable bonds is 3. The average molecular weight is 182 g/mol. The fraction of sp³-hybridized carbons (Fsp3) is 0.222. The Hall–Kier alpha value is -1.55. The van der Waals surface area contributed by atoms with Crippen molar-refractivity contribution in [3.63, 3.8) is 0 Å². The number of hydrogen-bond acceptors (Lipinski definition) is 3. The molecule has 0 aliphatic heterocycles. The van der Waals surface area contributed by atoms with Crippen LogP contribution in [0.5, 0.6) is 5.75 Å². The normalized spacial score (nSPS) is 12.4. The van der Waals surface area contributed by atoms with Gasteiger partial charge in [0.2, 0.25) is 0 Å². The number of aliphatic carboxylic acids is 1. The third kappa shape index (κ3) is 2.19. The molecule has 1 rings (SSSR count). The molecule has 0 bridgehead atoms. The molecule has 1 aromatic carbocycles. The zero-order chi connectivity index (χ0) is 9.84. The van der Waals surface area contributed by atoms with Gasteiger partial charge in [-0.3, -0.25) is 0 Å². The van der Waals surface area contributed by atoms with Crippen molar-refractivity contribution in [1.29, 1.82) is 0 Å². The van der Waals surface area contributed by atoms with E-state index in [1.165, 1.54) is 19.2 Å². The number of aromatic hydroxyl groups is 1. The highest BCUT2D eigenvalue weighted by molar-refractivity contribution is 5.74. The van der Waals surface area contributed by atoms with Gasteiger partial charge in [-0.15, -0.1) is 0 Å². The summed E-state index contributed by atoms with van der Waals surface area (Å²) in [5.74, 6) is -1.05. The maximum absolute atomic E-state index is 10.6. The van der Waals surface area contributed by atoms with E-state index in [1.54, 1.807) is 12.1 Å². The van der Waals surface area contributed by atoms with Gasteiger partial charge in [0, 0.05) is 7.11 Å². The van der Waals surface area contributed by atoms with Crippen LogP contribution >= 0.6 is 0 Å². The van der Waals surface area contributed by atoms with Gasteiger partial charge in [0.15, 0.2) is 6.10 Å². The summed E-state index contributed by atoms with van der Waals surface area (Å²) in [6, 6.07) is 5.99. The van der Waals surface area contributed by atoms with Crippen molar-refractivity contribution in [1.82, 2.24) is 0 Å². The van der Waals surface area contributed by atoms with Crippen LogP contribution in [0.2, 0.25) is 0 Å². The van der Waals surface area contributed by atoms with E-state index >= 15 is 0 Å². The molecule has 1 atom stereocenters. The SMILES string of the molecule is COC(C(=O)O)c1cccc(O)c1. The van der Waals surface area contributed by atoms with E-state index in [1.807, 2.05) is 0 Å². The highest BCUT2D eigenvalue weighted by Gasteiger charge is 2.18. The molecule has 0 radical (unpaired) electrons. The highest BCUT2D eigenvalue weighted by Crippen LogP contribution is 2.20. The number of hydrogen-bond donors (Lipinski definition) is 2. The summed E-state index contributed by atoms with van der Waals surface area (Å²) in [6.45, 7) is 0. The summed E-state index contributed by atoms with van der Waals surface area (Å²) in [5.41, 5.74) is 0.426. The van der Waals surface area contributed by atoms with Crippen LogP contribution in [0.15, 0.2) is 24.3 Å². The number of methoxy groups -OCH3 is 1. The van der Waals surface area contributed by atoms with Gasteiger partial charge in [0.05, 0.1) is 0 Å². The Morgan fingerprint density at radius 1 is 1.54 bits per heavy atom. The largest absolute Gasteiger partial charge is 0.508 e. The predicted octanol–water partition coefficient (Wildman–Crippen LogP) is 1.16. The second-order valence-corrected chi connectivity index (χ2v) is 2.55. The average Bonchev–Trinajstić information content (AvgIpc) is 2.04. The number of benzene rings is 1. The van der Waals surface area contributed by atoms with E-state index in [0.29, 0.717) is 5.56 Å². The van der Waals surface area contributed by atoms with E-state index in [2.05, 4.69) is 0 Å². The van der Waals surface area contributed by atoms with Crippen LogP contribution in [0, 0.1) is 0 Å². The van der Waals surface area contributed by atoms with Gasteiger partial charge < -0.3 is 14.9 Å². The van der Waals surface area contributed by atoms with Crippen LogP contribution in [-0.4, -0.2) is 23.3 Å². The Labute approximate surface area is 75.4 Å². The van der Waals surface area contributed by atoms with E-state index < -0.39 is 12.1 Å². The fourth-order valence-electron chi connectivity index (χ4n) is 1.07. The molecule has 0 aromatic heterocycles. The Balaban J connectivity index is 2.98. The minimum atomic E-state index is -1.08. The van der Waals surface area contributed by atoms with Gasteiger partial charge in [-0.05, 0) is 17.7 Å². The van der Waals surface area contributed by atoms with Crippen molar-refractivity contribution < 1.29 is 19.7 Å². The summed E-state index contributed by atoms with van der Waals surface area (Å²) in [4.78, 5) is 10.6. The van der Waals surface area contributed by atoms with Crippen molar-refractivity contribution >= 4 is 5.97 Å². The molecular formula is C9H10O4. The van der Waals surface area contributed by atoms with Crippen LogP contribution in [0.25, 0.3) is 0 Å². The van der Waals surface area contributed by atoms with Crippen LogP contribution in [0.3, 0.4) is 0 Å². The van der Waals surface area contributed by atoms with Gasteiger partial charge >= 0.3 is 5.97 Å². The van der Waals surface area contributed by atoms with E-state index in [0.717, 1.165) is 0 Å². The quantitative estimate of drug-likeness (QED) is 0.736. The number of ether oxygens (including phenoxy) is 1. The topological polar surface area (TPSA) is 66.8 Å². The van der Waals surface area contributed by atoms with Crippen molar-refractivity contribution in [2.45, 2.75) is 6.10 Å². The molecule has 1 aromatic rings. The number of phenols is 1. The van der Waals surface area contributed by atoms with E-state index in [4.69, 9.17) is 14.9 Å². The van der Waals surface area contributed by atoms with Gasteiger partial charge in [0.25, 0.3) is 0 Å². The lowest BCUT2D eigenvalue weighted by Crippen LogP contribution is -2.13. The molecule has 13 heavy (non-hydrogen) atoms.